The van der Waals surface area contributed by atoms with Crippen LogP contribution in [0.3, 0.4) is 0 Å². The number of carbonyl (C=O) groups excluding carboxylic acids is 2. The number of nitrogens with zero attached hydrogens (tertiary/aromatic N) is 6. The highest BCUT2D eigenvalue weighted by molar-refractivity contribution is 6.06. The van der Waals surface area contributed by atoms with Crippen molar-refractivity contribution in [2.75, 3.05) is 36.5 Å². The molecule has 11 nitrogen and oxygen atoms in total. The van der Waals surface area contributed by atoms with Crippen LogP contribution in [0.1, 0.15) is 50.7 Å². The van der Waals surface area contributed by atoms with Gasteiger partial charge in [0, 0.05) is 25.7 Å². The van der Waals surface area contributed by atoms with Gasteiger partial charge in [-0.1, -0.05) is 0 Å². The fraction of sp³-hybridized carbons (Fsp3) is 0.480. The molecule has 0 aliphatic carbocycles. The lowest BCUT2D eigenvalue weighted by atomic mass is 10.2. The van der Waals surface area contributed by atoms with E-state index in [0.29, 0.717) is 49.2 Å². The van der Waals surface area contributed by atoms with Gasteiger partial charge in [0.05, 0.1) is 42.0 Å². The summed E-state index contributed by atoms with van der Waals surface area (Å²) in [5, 5.41) is 7.18. The van der Waals surface area contributed by atoms with Crippen molar-refractivity contribution in [1.82, 2.24) is 24.5 Å². The Morgan fingerprint density at radius 2 is 1.94 bits per heavy atom. The van der Waals surface area contributed by atoms with Gasteiger partial charge in [-0.2, -0.15) is 5.10 Å². The fourth-order valence-electron chi connectivity index (χ4n) is 4.09. The Labute approximate surface area is 210 Å². The number of piperazine rings is 1. The molecule has 11 heteroatoms. The SMILES string of the molecule is CCOc1cn2nc(C)cc2cc1C(=O)Nc1cnc(N2CCN(C(=O)OC(C)(C)C)[C@H](C)C2)cn1. The first-order valence-electron chi connectivity index (χ1n) is 12.0. The maximum Gasteiger partial charge on any atom is 0.410 e. The summed E-state index contributed by atoms with van der Waals surface area (Å²) >= 11 is 0. The van der Waals surface area contributed by atoms with Crippen LogP contribution in [0.15, 0.2) is 30.7 Å². The zero-order chi connectivity index (χ0) is 26.0. The Balaban J connectivity index is 1.42. The normalized spacial score (nSPS) is 16.2. The summed E-state index contributed by atoms with van der Waals surface area (Å²) < 4.78 is 12.9. The van der Waals surface area contributed by atoms with Crippen LogP contribution in [0.4, 0.5) is 16.4 Å². The lowest BCUT2D eigenvalue weighted by Gasteiger charge is -2.40. The zero-order valence-corrected chi connectivity index (χ0v) is 21.6. The van der Waals surface area contributed by atoms with Crippen LogP contribution in [0.25, 0.3) is 5.52 Å². The third kappa shape index (κ3) is 5.67. The molecule has 4 heterocycles. The van der Waals surface area contributed by atoms with Crippen molar-refractivity contribution in [2.45, 2.75) is 53.2 Å². The molecule has 4 rings (SSSR count). The predicted molar refractivity (Wildman–Crippen MR) is 136 cm³/mol. The number of rotatable bonds is 5. The van der Waals surface area contributed by atoms with E-state index < -0.39 is 5.60 Å². The first kappa shape index (κ1) is 25.2. The second-order valence-electron chi connectivity index (χ2n) is 9.82. The number of hydrogen-bond donors (Lipinski definition) is 1. The molecule has 0 bridgehead atoms. The number of anilines is 2. The summed E-state index contributed by atoms with van der Waals surface area (Å²) in [6.07, 6.45) is 4.54. The number of hydrogen-bond acceptors (Lipinski definition) is 8. The van der Waals surface area contributed by atoms with E-state index in [4.69, 9.17) is 9.47 Å². The smallest absolute Gasteiger partial charge is 0.410 e. The summed E-state index contributed by atoms with van der Waals surface area (Å²) in [6.45, 7) is 13.4. The van der Waals surface area contributed by atoms with Crippen molar-refractivity contribution in [2.24, 2.45) is 0 Å². The summed E-state index contributed by atoms with van der Waals surface area (Å²) in [4.78, 5) is 38.2. The van der Waals surface area contributed by atoms with Crippen molar-refractivity contribution in [3.05, 3.63) is 42.0 Å². The average molecular weight is 496 g/mol. The maximum absolute atomic E-state index is 13.0. The number of aryl methyl sites for hydroxylation is 1. The van der Waals surface area contributed by atoms with Gasteiger partial charge >= 0.3 is 6.09 Å². The number of nitrogens with one attached hydrogen (secondary N) is 1. The molecule has 3 aromatic rings. The highest BCUT2D eigenvalue weighted by Crippen LogP contribution is 2.24. The third-order valence-corrected chi connectivity index (χ3v) is 5.69. The lowest BCUT2D eigenvalue weighted by molar-refractivity contribution is 0.0158. The lowest BCUT2D eigenvalue weighted by Crippen LogP contribution is -2.55. The Hall–Kier alpha value is -3.89. The molecule has 36 heavy (non-hydrogen) atoms. The molecule has 0 saturated carbocycles. The largest absolute Gasteiger partial charge is 0.491 e. The minimum Gasteiger partial charge on any atom is -0.491 e. The average Bonchev–Trinajstić information content (AvgIpc) is 3.16. The van der Waals surface area contributed by atoms with E-state index in [1.807, 2.05) is 47.6 Å². The summed E-state index contributed by atoms with van der Waals surface area (Å²) in [7, 11) is 0. The fourth-order valence-corrected chi connectivity index (χ4v) is 4.09. The van der Waals surface area contributed by atoms with Gasteiger partial charge in [0.2, 0.25) is 0 Å². The number of ether oxygens (including phenoxy) is 2. The van der Waals surface area contributed by atoms with E-state index in [1.54, 1.807) is 27.9 Å². The standard InChI is InChI=1S/C25H33N7O4/c1-7-35-20-15-32-18(10-16(2)29-32)11-19(20)23(33)28-21-12-27-22(13-26-21)30-8-9-31(17(3)14-30)24(34)36-25(4,5)6/h10-13,15,17H,7-9,14H2,1-6H3,(H,26,28,33)/t17-/m1/s1. The number of aromatic nitrogens is 4. The highest BCUT2D eigenvalue weighted by atomic mass is 16.6. The Kier molecular flexibility index (Phi) is 7.00. The van der Waals surface area contributed by atoms with Crippen LogP contribution in [0.2, 0.25) is 0 Å². The van der Waals surface area contributed by atoms with Gasteiger partial charge in [-0.15, -0.1) is 0 Å². The Morgan fingerprint density at radius 1 is 1.17 bits per heavy atom. The topological polar surface area (TPSA) is 114 Å². The van der Waals surface area contributed by atoms with Crippen molar-refractivity contribution < 1.29 is 19.1 Å². The zero-order valence-electron chi connectivity index (χ0n) is 21.6. The molecule has 0 aromatic carbocycles. The van der Waals surface area contributed by atoms with Crippen LogP contribution < -0.4 is 15.0 Å². The molecule has 1 saturated heterocycles. The van der Waals surface area contributed by atoms with Gasteiger partial charge in [-0.05, 0) is 53.7 Å². The van der Waals surface area contributed by atoms with Crippen molar-refractivity contribution >= 4 is 29.2 Å². The first-order valence-corrected chi connectivity index (χ1v) is 12.0. The summed E-state index contributed by atoms with van der Waals surface area (Å²) in [5.74, 6) is 1.10. The molecule has 0 spiro atoms. The summed E-state index contributed by atoms with van der Waals surface area (Å²) in [5.41, 5.74) is 1.49. The molecule has 192 valence electrons. The molecule has 2 amide bonds. The highest BCUT2D eigenvalue weighted by Gasteiger charge is 2.31. The molecule has 0 radical (unpaired) electrons. The van der Waals surface area contributed by atoms with Gasteiger partial charge in [0.1, 0.15) is 17.2 Å². The molecule has 1 aliphatic rings. The second kappa shape index (κ2) is 10.00. The summed E-state index contributed by atoms with van der Waals surface area (Å²) in [6, 6.07) is 3.59. The van der Waals surface area contributed by atoms with Crippen molar-refractivity contribution in [3.63, 3.8) is 0 Å². The maximum atomic E-state index is 13.0. The molecular weight excluding hydrogens is 462 g/mol. The Morgan fingerprint density at radius 3 is 2.58 bits per heavy atom. The number of amides is 2. The van der Waals surface area contributed by atoms with E-state index in [0.717, 1.165) is 11.2 Å². The minimum atomic E-state index is -0.535. The molecule has 3 aromatic heterocycles. The van der Waals surface area contributed by atoms with Gasteiger partial charge in [-0.25, -0.2) is 19.3 Å². The van der Waals surface area contributed by atoms with Crippen LogP contribution in [-0.4, -0.2) is 74.4 Å². The van der Waals surface area contributed by atoms with Gasteiger partial charge in [0.15, 0.2) is 5.82 Å². The van der Waals surface area contributed by atoms with Gasteiger partial charge in [-0.3, -0.25) is 4.79 Å². The van der Waals surface area contributed by atoms with Crippen LogP contribution in [0.5, 0.6) is 5.75 Å². The van der Waals surface area contributed by atoms with Gasteiger partial charge < -0.3 is 24.6 Å². The first-order chi connectivity index (χ1) is 17.0. The van der Waals surface area contributed by atoms with E-state index in [9.17, 15) is 9.59 Å². The molecule has 1 fully saturated rings. The Bertz CT molecular complexity index is 1250. The van der Waals surface area contributed by atoms with Crippen molar-refractivity contribution in [1.29, 1.82) is 0 Å². The predicted octanol–water partition coefficient (Wildman–Crippen LogP) is 3.53. The number of carbonyl (C=O) groups is 2. The molecule has 1 atom stereocenters. The number of pyridine rings is 1. The van der Waals surface area contributed by atoms with Crippen LogP contribution in [0, 0.1) is 6.92 Å². The minimum absolute atomic E-state index is 0.0473. The molecule has 1 aliphatic heterocycles. The third-order valence-electron chi connectivity index (χ3n) is 5.69. The number of fused-ring (bicyclic) bond motifs is 1. The monoisotopic (exact) mass is 495 g/mol. The van der Waals surface area contributed by atoms with E-state index in [1.165, 1.54) is 6.20 Å². The van der Waals surface area contributed by atoms with Gasteiger partial charge in [0.25, 0.3) is 5.91 Å². The van der Waals surface area contributed by atoms with Crippen molar-refractivity contribution in [3.8, 4) is 5.75 Å². The van der Waals surface area contributed by atoms with Crippen LogP contribution >= 0.6 is 0 Å². The second-order valence-corrected chi connectivity index (χ2v) is 9.82. The molecular formula is C25H33N7O4. The van der Waals surface area contributed by atoms with Crippen LogP contribution in [-0.2, 0) is 4.74 Å². The van der Waals surface area contributed by atoms with E-state index in [-0.39, 0.29) is 18.0 Å². The van der Waals surface area contributed by atoms with E-state index in [2.05, 4.69) is 25.3 Å². The molecule has 1 N–H and O–H groups in total. The quantitative estimate of drug-likeness (QED) is 0.572. The molecule has 0 unspecified atom stereocenters. The van der Waals surface area contributed by atoms with E-state index >= 15 is 0 Å².